The maximum absolute atomic E-state index is 5.47. The molecule has 2 rings (SSSR count). The fraction of sp³-hybridized carbons (Fsp3) is 0.353. The Hall–Kier alpha value is -2.23. The minimum Gasteiger partial charge on any atom is -0.496 e. The van der Waals surface area contributed by atoms with E-state index in [1.807, 2.05) is 32.4 Å². The van der Waals surface area contributed by atoms with Crippen molar-refractivity contribution in [2.45, 2.75) is 19.9 Å². The molecule has 1 heterocycles. The molecule has 1 aromatic carbocycles. The third-order valence-electron chi connectivity index (χ3n) is 3.50. The first-order valence-electron chi connectivity index (χ1n) is 7.05. The molecule has 1 aromatic heterocycles. The molecule has 4 heteroatoms. The smallest absolute Gasteiger partial charge is 0.124 e. The van der Waals surface area contributed by atoms with Gasteiger partial charge in [-0.25, -0.2) is 0 Å². The molecule has 0 bridgehead atoms. The van der Waals surface area contributed by atoms with Crippen molar-refractivity contribution in [2.24, 2.45) is 0 Å². The number of ether oxygens (including phenoxy) is 1. The fourth-order valence-corrected chi connectivity index (χ4v) is 2.39. The summed E-state index contributed by atoms with van der Waals surface area (Å²) in [6, 6.07) is 8.36. The van der Waals surface area contributed by atoms with Crippen LogP contribution >= 0.6 is 0 Å². The highest BCUT2D eigenvalue weighted by atomic mass is 16.5. The van der Waals surface area contributed by atoms with E-state index in [1.54, 1.807) is 13.3 Å². The van der Waals surface area contributed by atoms with Crippen LogP contribution in [0.15, 0.2) is 36.7 Å². The zero-order chi connectivity index (χ0) is 15.4. The number of nitrogens with zero attached hydrogens (tertiary/aromatic N) is 2. The topological polar surface area (TPSA) is 37.4 Å². The van der Waals surface area contributed by atoms with Gasteiger partial charge in [0.2, 0.25) is 0 Å². The van der Waals surface area contributed by atoms with Crippen LogP contribution < -0.4 is 15.0 Å². The monoisotopic (exact) mass is 285 g/mol. The van der Waals surface area contributed by atoms with Crippen molar-refractivity contribution >= 4 is 11.4 Å². The summed E-state index contributed by atoms with van der Waals surface area (Å²) in [6.45, 7) is 4.22. The molecule has 1 unspecified atom stereocenters. The molecule has 0 saturated carbocycles. The minimum absolute atomic E-state index is 0.128. The highest BCUT2D eigenvalue weighted by molar-refractivity contribution is 5.68. The van der Waals surface area contributed by atoms with Crippen molar-refractivity contribution in [3.05, 3.63) is 47.8 Å². The second-order valence-electron chi connectivity index (χ2n) is 5.40. The van der Waals surface area contributed by atoms with Crippen LogP contribution in [-0.2, 0) is 0 Å². The van der Waals surface area contributed by atoms with Crippen LogP contribution in [0.2, 0.25) is 0 Å². The number of rotatable bonds is 5. The number of methoxy groups -OCH3 is 1. The van der Waals surface area contributed by atoms with E-state index in [-0.39, 0.29) is 6.04 Å². The van der Waals surface area contributed by atoms with Gasteiger partial charge in [0.25, 0.3) is 0 Å². The third kappa shape index (κ3) is 3.45. The molecule has 1 atom stereocenters. The molecular formula is C17H23N3O. The number of benzene rings is 1. The lowest BCUT2D eigenvalue weighted by atomic mass is 10.0. The van der Waals surface area contributed by atoms with Crippen molar-refractivity contribution in [1.29, 1.82) is 0 Å². The van der Waals surface area contributed by atoms with Crippen molar-refractivity contribution in [3.63, 3.8) is 0 Å². The predicted molar refractivity (Wildman–Crippen MR) is 88.3 cm³/mol. The van der Waals surface area contributed by atoms with Crippen LogP contribution in [0.4, 0.5) is 11.4 Å². The van der Waals surface area contributed by atoms with Gasteiger partial charge in [-0.05, 0) is 26.0 Å². The Morgan fingerprint density at radius 3 is 2.67 bits per heavy atom. The molecule has 0 aliphatic carbocycles. The largest absolute Gasteiger partial charge is 0.496 e. The van der Waals surface area contributed by atoms with E-state index in [1.165, 1.54) is 5.56 Å². The summed E-state index contributed by atoms with van der Waals surface area (Å²) in [4.78, 5) is 6.29. The standard InChI is InChI=1S/C17H23N3O/c1-12-6-7-17(21-5)14(10-12)13(2)19-15-11-18-9-8-16(15)20(3)4/h6-11,13,19H,1-5H3. The number of hydrogen-bond acceptors (Lipinski definition) is 4. The maximum atomic E-state index is 5.47. The quantitative estimate of drug-likeness (QED) is 0.910. The zero-order valence-corrected chi connectivity index (χ0v) is 13.3. The van der Waals surface area contributed by atoms with Crippen molar-refractivity contribution < 1.29 is 4.74 Å². The van der Waals surface area contributed by atoms with Gasteiger partial charge in [-0.15, -0.1) is 0 Å². The lowest BCUT2D eigenvalue weighted by Crippen LogP contribution is -2.15. The first kappa shape index (κ1) is 15.2. The van der Waals surface area contributed by atoms with Gasteiger partial charge >= 0.3 is 0 Å². The Morgan fingerprint density at radius 2 is 2.00 bits per heavy atom. The molecule has 0 radical (unpaired) electrons. The van der Waals surface area contributed by atoms with Crippen LogP contribution in [0.3, 0.4) is 0 Å². The van der Waals surface area contributed by atoms with Gasteiger partial charge in [0.1, 0.15) is 5.75 Å². The van der Waals surface area contributed by atoms with Gasteiger partial charge in [-0.2, -0.15) is 0 Å². The van der Waals surface area contributed by atoms with E-state index in [9.17, 15) is 0 Å². The first-order chi connectivity index (χ1) is 10.0. The Balaban J connectivity index is 2.30. The molecule has 21 heavy (non-hydrogen) atoms. The molecule has 1 N–H and O–H groups in total. The third-order valence-corrected chi connectivity index (χ3v) is 3.50. The molecule has 112 valence electrons. The molecule has 0 aliphatic heterocycles. The van der Waals surface area contributed by atoms with E-state index in [4.69, 9.17) is 4.74 Å². The Labute approximate surface area is 126 Å². The van der Waals surface area contributed by atoms with Gasteiger partial charge < -0.3 is 15.0 Å². The van der Waals surface area contributed by atoms with Crippen LogP contribution in [0.25, 0.3) is 0 Å². The molecule has 0 spiro atoms. The molecule has 0 amide bonds. The predicted octanol–water partition coefficient (Wildman–Crippen LogP) is 3.64. The Kier molecular flexibility index (Phi) is 4.68. The first-order valence-corrected chi connectivity index (χ1v) is 7.05. The Bertz CT molecular complexity index is 611. The number of anilines is 2. The van der Waals surface area contributed by atoms with Crippen molar-refractivity contribution in [2.75, 3.05) is 31.4 Å². The molecule has 0 saturated heterocycles. The molecule has 2 aromatic rings. The van der Waals surface area contributed by atoms with Crippen LogP contribution in [0, 0.1) is 6.92 Å². The van der Waals surface area contributed by atoms with E-state index < -0.39 is 0 Å². The van der Waals surface area contributed by atoms with Crippen LogP contribution in [0.5, 0.6) is 5.75 Å². The van der Waals surface area contributed by atoms with Crippen molar-refractivity contribution in [3.8, 4) is 5.75 Å². The second-order valence-corrected chi connectivity index (χ2v) is 5.40. The Morgan fingerprint density at radius 1 is 1.24 bits per heavy atom. The number of nitrogens with one attached hydrogen (secondary N) is 1. The number of aromatic nitrogens is 1. The lowest BCUT2D eigenvalue weighted by molar-refractivity contribution is 0.408. The summed E-state index contributed by atoms with van der Waals surface area (Å²) >= 11 is 0. The fourth-order valence-electron chi connectivity index (χ4n) is 2.39. The SMILES string of the molecule is COc1ccc(C)cc1C(C)Nc1cnccc1N(C)C. The van der Waals surface area contributed by atoms with E-state index in [0.717, 1.165) is 22.7 Å². The minimum atomic E-state index is 0.128. The highest BCUT2D eigenvalue weighted by Crippen LogP contribution is 2.31. The maximum Gasteiger partial charge on any atom is 0.124 e. The van der Waals surface area contributed by atoms with E-state index in [0.29, 0.717) is 0 Å². The zero-order valence-electron chi connectivity index (χ0n) is 13.3. The summed E-state index contributed by atoms with van der Waals surface area (Å²) in [5, 5.41) is 3.53. The van der Waals surface area contributed by atoms with Gasteiger partial charge in [-0.1, -0.05) is 17.7 Å². The molecule has 0 aliphatic rings. The normalized spacial score (nSPS) is 11.9. The summed E-state index contributed by atoms with van der Waals surface area (Å²) in [6.07, 6.45) is 3.66. The van der Waals surface area contributed by atoms with Gasteiger partial charge in [0, 0.05) is 25.9 Å². The van der Waals surface area contributed by atoms with Crippen molar-refractivity contribution in [1.82, 2.24) is 4.98 Å². The number of hydrogen-bond donors (Lipinski definition) is 1. The molecule has 4 nitrogen and oxygen atoms in total. The lowest BCUT2D eigenvalue weighted by Gasteiger charge is -2.23. The highest BCUT2D eigenvalue weighted by Gasteiger charge is 2.14. The average molecular weight is 285 g/mol. The van der Waals surface area contributed by atoms with E-state index >= 15 is 0 Å². The second kappa shape index (κ2) is 6.48. The average Bonchev–Trinajstić information content (AvgIpc) is 2.47. The van der Waals surface area contributed by atoms with Gasteiger partial charge in [0.05, 0.1) is 30.7 Å². The summed E-state index contributed by atoms with van der Waals surface area (Å²) in [5.41, 5.74) is 4.49. The molecular weight excluding hydrogens is 262 g/mol. The number of aryl methyl sites for hydroxylation is 1. The summed E-state index contributed by atoms with van der Waals surface area (Å²) in [7, 11) is 5.76. The molecule has 0 fully saturated rings. The van der Waals surface area contributed by atoms with E-state index in [2.05, 4.69) is 41.2 Å². The number of pyridine rings is 1. The van der Waals surface area contributed by atoms with Gasteiger partial charge in [0.15, 0.2) is 0 Å². The summed E-state index contributed by atoms with van der Waals surface area (Å²) in [5.74, 6) is 0.899. The summed E-state index contributed by atoms with van der Waals surface area (Å²) < 4.78 is 5.47. The van der Waals surface area contributed by atoms with Crippen LogP contribution in [0.1, 0.15) is 24.1 Å². The van der Waals surface area contributed by atoms with Crippen LogP contribution in [-0.4, -0.2) is 26.2 Å². The van der Waals surface area contributed by atoms with Gasteiger partial charge in [-0.3, -0.25) is 4.98 Å².